The highest BCUT2D eigenvalue weighted by Gasteiger charge is 2.35. The van der Waals surface area contributed by atoms with Crippen LogP contribution >= 0.6 is 11.3 Å². The van der Waals surface area contributed by atoms with Crippen molar-refractivity contribution in [3.05, 3.63) is 34.3 Å². The summed E-state index contributed by atoms with van der Waals surface area (Å²) in [6.07, 6.45) is 0.685. The predicted molar refractivity (Wildman–Crippen MR) is 119 cm³/mol. The number of hydrogen-bond acceptors (Lipinski definition) is 8. The highest BCUT2D eigenvalue weighted by atomic mass is 32.2. The van der Waals surface area contributed by atoms with Crippen molar-refractivity contribution in [2.24, 2.45) is 0 Å². The Labute approximate surface area is 184 Å². The molecular formula is C21H24N4O4S2. The van der Waals surface area contributed by atoms with Crippen molar-refractivity contribution in [2.75, 3.05) is 37.7 Å². The van der Waals surface area contributed by atoms with Crippen molar-refractivity contribution in [1.82, 2.24) is 19.9 Å². The first-order chi connectivity index (χ1) is 14.8. The van der Waals surface area contributed by atoms with Gasteiger partial charge in [0.25, 0.3) is 11.6 Å². The fourth-order valence-electron chi connectivity index (χ4n) is 4.49. The van der Waals surface area contributed by atoms with Gasteiger partial charge in [-0.3, -0.25) is 9.69 Å². The number of carbonyl (C=O) groups is 1. The van der Waals surface area contributed by atoms with Crippen molar-refractivity contribution in [1.29, 1.82) is 0 Å². The normalized spacial score (nSPS) is 21.7. The highest BCUT2D eigenvalue weighted by molar-refractivity contribution is 7.91. The van der Waals surface area contributed by atoms with E-state index in [-0.39, 0.29) is 23.5 Å². The number of thiophene rings is 1. The van der Waals surface area contributed by atoms with Crippen LogP contribution in [0.3, 0.4) is 0 Å². The van der Waals surface area contributed by atoms with Crippen LogP contribution in [-0.4, -0.2) is 78.0 Å². The lowest BCUT2D eigenvalue weighted by atomic mass is 10.1. The van der Waals surface area contributed by atoms with Crippen molar-refractivity contribution < 1.29 is 17.7 Å². The van der Waals surface area contributed by atoms with Crippen LogP contribution in [0, 0.1) is 13.8 Å². The van der Waals surface area contributed by atoms with E-state index in [1.54, 1.807) is 11.3 Å². The minimum Gasteiger partial charge on any atom is -0.336 e. The van der Waals surface area contributed by atoms with E-state index in [4.69, 9.17) is 4.52 Å². The maximum atomic E-state index is 13.5. The Balaban J connectivity index is 1.40. The quantitative estimate of drug-likeness (QED) is 0.592. The second kappa shape index (κ2) is 7.68. The van der Waals surface area contributed by atoms with Crippen molar-refractivity contribution in [2.45, 2.75) is 26.3 Å². The molecule has 2 fully saturated rings. The van der Waals surface area contributed by atoms with Gasteiger partial charge in [-0.2, -0.15) is 0 Å². The number of piperazine rings is 1. The molecule has 0 spiro atoms. The number of carbonyl (C=O) groups excluding carboxylic acids is 1. The number of aryl methyl sites for hydroxylation is 2. The Morgan fingerprint density at radius 1 is 1.19 bits per heavy atom. The molecule has 0 bridgehead atoms. The minimum atomic E-state index is -2.92. The first kappa shape index (κ1) is 20.6. The third kappa shape index (κ3) is 3.88. The van der Waals surface area contributed by atoms with E-state index in [0.717, 1.165) is 4.88 Å². The van der Waals surface area contributed by atoms with E-state index in [0.29, 0.717) is 60.7 Å². The molecule has 3 aromatic heterocycles. The van der Waals surface area contributed by atoms with Crippen LogP contribution in [0.4, 0.5) is 0 Å². The first-order valence-corrected chi connectivity index (χ1v) is 13.0. The Bertz CT molecular complexity index is 1260. The zero-order valence-corrected chi connectivity index (χ0v) is 19.1. The summed E-state index contributed by atoms with van der Waals surface area (Å²) in [6.45, 7) is 6.34. The van der Waals surface area contributed by atoms with Gasteiger partial charge in [-0.1, -0.05) is 5.16 Å². The van der Waals surface area contributed by atoms with E-state index < -0.39 is 9.84 Å². The molecule has 2 aliphatic heterocycles. The van der Waals surface area contributed by atoms with E-state index in [9.17, 15) is 13.2 Å². The smallest absolute Gasteiger partial charge is 0.259 e. The number of amides is 1. The number of hydrogen-bond donors (Lipinski definition) is 0. The molecule has 1 atom stereocenters. The monoisotopic (exact) mass is 460 g/mol. The standard InChI is InChI=1S/C21H24N4O4S2/c1-13-3-4-18(30-13)17-11-16(19-14(2)23-29-20(19)22-17)21(26)25-8-6-24(7-9-25)15-5-10-31(27,28)12-15/h3-4,11,15H,5-10,12H2,1-2H3. The van der Waals surface area contributed by atoms with Crippen molar-refractivity contribution >= 4 is 38.2 Å². The maximum Gasteiger partial charge on any atom is 0.259 e. The van der Waals surface area contributed by atoms with Gasteiger partial charge in [0.2, 0.25) is 0 Å². The van der Waals surface area contributed by atoms with Crippen molar-refractivity contribution in [3.63, 3.8) is 0 Å². The fourth-order valence-corrected chi connectivity index (χ4v) is 7.08. The summed E-state index contributed by atoms with van der Waals surface area (Å²) in [5.41, 5.74) is 2.29. The Morgan fingerprint density at radius 2 is 1.97 bits per heavy atom. The summed E-state index contributed by atoms with van der Waals surface area (Å²) < 4.78 is 29.0. The first-order valence-electron chi connectivity index (χ1n) is 10.4. The van der Waals surface area contributed by atoms with Gasteiger partial charge in [-0.15, -0.1) is 11.3 Å². The summed E-state index contributed by atoms with van der Waals surface area (Å²) in [5.74, 6) is 0.436. The molecule has 5 rings (SSSR count). The second-order valence-corrected chi connectivity index (χ2v) is 11.8. The number of aromatic nitrogens is 2. The molecule has 3 aromatic rings. The van der Waals surface area contributed by atoms with Crippen molar-refractivity contribution in [3.8, 4) is 10.6 Å². The van der Waals surface area contributed by atoms with Crippen LogP contribution in [-0.2, 0) is 9.84 Å². The predicted octanol–water partition coefficient (Wildman–Crippen LogP) is 2.51. The zero-order chi connectivity index (χ0) is 21.8. The SMILES string of the molecule is Cc1ccc(-c2cc(C(=O)N3CCN(C4CCS(=O)(=O)C4)CC3)c3c(C)noc3n2)s1. The molecule has 0 N–H and O–H groups in total. The maximum absolute atomic E-state index is 13.5. The molecule has 5 heterocycles. The molecule has 10 heteroatoms. The van der Waals surface area contributed by atoms with Crippen LogP contribution in [0.1, 0.15) is 27.3 Å². The highest BCUT2D eigenvalue weighted by Crippen LogP contribution is 2.32. The lowest BCUT2D eigenvalue weighted by molar-refractivity contribution is 0.0589. The van der Waals surface area contributed by atoms with Gasteiger partial charge in [0.05, 0.1) is 38.7 Å². The molecule has 1 amide bonds. The molecule has 1 unspecified atom stereocenters. The number of fused-ring (bicyclic) bond motifs is 1. The van der Waals surface area contributed by atoms with E-state index in [2.05, 4.69) is 15.0 Å². The fraction of sp³-hybridized carbons (Fsp3) is 0.476. The number of nitrogens with zero attached hydrogens (tertiary/aromatic N) is 4. The van der Waals surface area contributed by atoms with E-state index in [1.807, 2.05) is 36.9 Å². The third-order valence-corrected chi connectivity index (χ3v) is 8.94. The molecule has 0 radical (unpaired) electrons. The van der Waals surface area contributed by atoms with Gasteiger partial charge in [0.15, 0.2) is 9.84 Å². The van der Waals surface area contributed by atoms with Gasteiger partial charge in [0, 0.05) is 37.1 Å². The topological polar surface area (TPSA) is 96.6 Å². The van der Waals surface area contributed by atoms with Crippen LogP contribution in [0.5, 0.6) is 0 Å². The molecular weight excluding hydrogens is 436 g/mol. The molecule has 164 valence electrons. The molecule has 0 aromatic carbocycles. The largest absolute Gasteiger partial charge is 0.336 e. The zero-order valence-electron chi connectivity index (χ0n) is 17.5. The minimum absolute atomic E-state index is 0.0630. The lowest BCUT2D eigenvalue weighted by Crippen LogP contribution is -2.52. The summed E-state index contributed by atoms with van der Waals surface area (Å²) in [7, 11) is -2.92. The van der Waals surface area contributed by atoms with Gasteiger partial charge in [-0.25, -0.2) is 13.4 Å². The van der Waals surface area contributed by atoms with Gasteiger partial charge in [0.1, 0.15) is 0 Å². The van der Waals surface area contributed by atoms with Crippen LogP contribution in [0.15, 0.2) is 22.7 Å². The lowest BCUT2D eigenvalue weighted by Gasteiger charge is -2.37. The van der Waals surface area contributed by atoms with Gasteiger partial charge < -0.3 is 9.42 Å². The summed E-state index contributed by atoms with van der Waals surface area (Å²) in [5, 5.41) is 4.69. The molecule has 8 nitrogen and oxygen atoms in total. The Morgan fingerprint density at radius 3 is 2.61 bits per heavy atom. The van der Waals surface area contributed by atoms with E-state index >= 15 is 0 Å². The van der Waals surface area contributed by atoms with Crippen LogP contribution in [0.2, 0.25) is 0 Å². The summed E-state index contributed by atoms with van der Waals surface area (Å²) in [6, 6.07) is 5.95. The number of rotatable bonds is 3. The van der Waals surface area contributed by atoms with Gasteiger partial charge >= 0.3 is 0 Å². The number of pyridine rings is 1. The average molecular weight is 461 g/mol. The molecule has 2 aliphatic rings. The number of sulfone groups is 1. The molecule has 2 saturated heterocycles. The molecule has 31 heavy (non-hydrogen) atoms. The Kier molecular flexibility index (Phi) is 5.10. The molecule has 0 aliphatic carbocycles. The van der Waals surface area contributed by atoms with Crippen LogP contribution in [0.25, 0.3) is 21.7 Å². The van der Waals surface area contributed by atoms with Crippen LogP contribution < -0.4 is 0 Å². The molecule has 0 saturated carbocycles. The Hall–Kier alpha value is -2.30. The summed E-state index contributed by atoms with van der Waals surface area (Å²) in [4.78, 5) is 24.3. The third-order valence-electron chi connectivity index (χ3n) is 6.17. The average Bonchev–Trinajstić information content (AvgIpc) is 3.45. The van der Waals surface area contributed by atoms with E-state index in [1.165, 1.54) is 4.88 Å². The van der Waals surface area contributed by atoms with Gasteiger partial charge in [-0.05, 0) is 38.5 Å². The summed E-state index contributed by atoms with van der Waals surface area (Å²) >= 11 is 1.62. The second-order valence-electron chi connectivity index (χ2n) is 8.30.